The Morgan fingerprint density at radius 2 is 2.31 bits per heavy atom. The van der Waals surface area contributed by atoms with Crippen LogP contribution >= 0.6 is 0 Å². The summed E-state index contributed by atoms with van der Waals surface area (Å²) in [6, 6.07) is 3.98. The van der Waals surface area contributed by atoms with Gasteiger partial charge in [-0.3, -0.25) is 4.98 Å². The van der Waals surface area contributed by atoms with Crippen LogP contribution in [0.1, 0.15) is 25.8 Å². The number of hydrogen-bond acceptors (Lipinski definition) is 2. The average molecular weight is 179 g/mol. The van der Waals surface area contributed by atoms with Crippen molar-refractivity contribution in [3.63, 3.8) is 0 Å². The van der Waals surface area contributed by atoms with Crippen LogP contribution in [-0.4, -0.2) is 16.2 Å². The van der Waals surface area contributed by atoms with E-state index in [9.17, 15) is 5.11 Å². The number of aromatic nitrogens is 1. The van der Waals surface area contributed by atoms with Gasteiger partial charge in [0.1, 0.15) is 0 Å². The minimum absolute atomic E-state index is 0.194. The van der Waals surface area contributed by atoms with Crippen LogP contribution in [0.25, 0.3) is 0 Å². The normalized spacial score (nSPS) is 15.3. The van der Waals surface area contributed by atoms with E-state index in [4.69, 9.17) is 0 Å². The molecule has 0 saturated carbocycles. The number of pyridine rings is 1. The third kappa shape index (κ3) is 3.15. The molecule has 0 aliphatic carbocycles. The second-order valence-electron chi connectivity index (χ2n) is 3.52. The molecule has 1 N–H and O–H groups in total. The molecule has 72 valence electrons. The summed E-state index contributed by atoms with van der Waals surface area (Å²) in [7, 11) is 0. The second kappa shape index (κ2) is 4.97. The van der Waals surface area contributed by atoms with Gasteiger partial charge in [0.15, 0.2) is 0 Å². The number of aliphatic hydroxyl groups excluding tert-OH is 1. The van der Waals surface area contributed by atoms with Gasteiger partial charge in [-0.15, -0.1) is 0 Å². The van der Waals surface area contributed by atoms with Gasteiger partial charge in [0.25, 0.3) is 0 Å². The Hall–Kier alpha value is -0.890. The summed E-state index contributed by atoms with van der Waals surface area (Å²) >= 11 is 0. The van der Waals surface area contributed by atoms with Crippen LogP contribution in [0.5, 0.6) is 0 Å². The SMILES string of the molecule is CCC(O)C(C)Cc1cccnc1. The molecule has 0 bridgehead atoms. The fourth-order valence-electron chi connectivity index (χ4n) is 1.43. The van der Waals surface area contributed by atoms with Crippen molar-refractivity contribution in [3.8, 4) is 0 Å². The molecule has 1 aromatic heterocycles. The first-order valence-electron chi connectivity index (χ1n) is 4.81. The minimum Gasteiger partial charge on any atom is -0.393 e. The Bertz CT molecular complexity index is 235. The van der Waals surface area contributed by atoms with Crippen molar-refractivity contribution < 1.29 is 5.11 Å². The van der Waals surface area contributed by atoms with Crippen molar-refractivity contribution in [1.82, 2.24) is 4.98 Å². The zero-order chi connectivity index (χ0) is 9.68. The lowest BCUT2D eigenvalue weighted by molar-refractivity contribution is 0.112. The topological polar surface area (TPSA) is 33.1 Å². The summed E-state index contributed by atoms with van der Waals surface area (Å²) in [4.78, 5) is 4.04. The molecule has 2 unspecified atom stereocenters. The standard InChI is InChI=1S/C11H17NO/c1-3-11(13)9(2)7-10-5-4-6-12-8-10/h4-6,8-9,11,13H,3,7H2,1-2H3. The Morgan fingerprint density at radius 3 is 2.85 bits per heavy atom. The van der Waals surface area contributed by atoms with Gasteiger partial charge in [-0.05, 0) is 30.4 Å². The summed E-state index contributed by atoms with van der Waals surface area (Å²) in [6.45, 7) is 4.07. The van der Waals surface area contributed by atoms with Crippen LogP contribution in [0.15, 0.2) is 24.5 Å². The van der Waals surface area contributed by atoms with Gasteiger partial charge in [-0.1, -0.05) is 19.9 Å². The molecule has 1 heterocycles. The molecule has 0 fully saturated rings. The van der Waals surface area contributed by atoms with E-state index < -0.39 is 0 Å². The van der Waals surface area contributed by atoms with Gasteiger partial charge < -0.3 is 5.11 Å². The highest BCUT2D eigenvalue weighted by atomic mass is 16.3. The maximum Gasteiger partial charge on any atom is 0.0566 e. The third-order valence-electron chi connectivity index (χ3n) is 2.36. The molecule has 0 aliphatic rings. The molecule has 0 spiro atoms. The predicted molar refractivity (Wildman–Crippen MR) is 53.4 cm³/mol. The lowest BCUT2D eigenvalue weighted by Gasteiger charge is -2.16. The van der Waals surface area contributed by atoms with Gasteiger partial charge >= 0.3 is 0 Å². The summed E-state index contributed by atoms with van der Waals surface area (Å²) in [5, 5.41) is 9.57. The van der Waals surface area contributed by atoms with E-state index in [0.717, 1.165) is 12.8 Å². The summed E-state index contributed by atoms with van der Waals surface area (Å²) in [5.41, 5.74) is 1.20. The molecule has 0 amide bonds. The quantitative estimate of drug-likeness (QED) is 0.767. The van der Waals surface area contributed by atoms with Gasteiger partial charge in [-0.2, -0.15) is 0 Å². The van der Waals surface area contributed by atoms with Crippen LogP contribution in [-0.2, 0) is 6.42 Å². The van der Waals surface area contributed by atoms with Gasteiger partial charge in [0.05, 0.1) is 6.10 Å². The molecule has 0 aliphatic heterocycles. The fraction of sp³-hybridized carbons (Fsp3) is 0.545. The Kier molecular flexibility index (Phi) is 3.90. The third-order valence-corrected chi connectivity index (χ3v) is 2.36. The average Bonchev–Trinajstić information content (AvgIpc) is 2.18. The zero-order valence-corrected chi connectivity index (χ0v) is 8.27. The highest BCUT2D eigenvalue weighted by Crippen LogP contribution is 2.12. The first-order chi connectivity index (χ1) is 6.24. The van der Waals surface area contributed by atoms with Crippen molar-refractivity contribution >= 4 is 0 Å². The first kappa shape index (κ1) is 10.2. The monoisotopic (exact) mass is 179 g/mol. The van der Waals surface area contributed by atoms with Gasteiger partial charge in [0.2, 0.25) is 0 Å². The van der Waals surface area contributed by atoms with E-state index in [1.807, 2.05) is 25.3 Å². The number of nitrogens with zero attached hydrogens (tertiary/aromatic N) is 1. The maximum atomic E-state index is 9.57. The van der Waals surface area contributed by atoms with E-state index >= 15 is 0 Å². The van der Waals surface area contributed by atoms with Gasteiger partial charge in [0, 0.05) is 12.4 Å². The molecule has 0 saturated heterocycles. The van der Waals surface area contributed by atoms with Crippen LogP contribution in [0, 0.1) is 5.92 Å². The lowest BCUT2D eigenvalue weighted by Crippen LogP contribution is -2.18. The maximum absolute atomic E-state index is 9.57. The van der Waals surface area contributed by atoms with E-state index in [-0.39, 0.29) is 6.10 Å². The number of rotatable bonds is 4. The number of hydrogen-bond donors (Lipinski definition) is 1. The summed E-state index contributed by atoms with van der Waals surface area (Å²) < 4.78 is 0. The van der Waals surface area contributed by atoms with Crippen molar-refractivity contribution in [1.29, 1.82) is 0 Å². The molecule has 13 heavy (non-hydrogen) atoms. The fourth-order valence-corrected chi connectivity index (χ4v) is 1.43. The molecular formula is C11H17NO. The van der Waals surface area contributed by atoms with Crippen LogP contribution in [0.3, 0.4) is 0 Å². The van der Waals surface area contributed by atoms with E-state index in [1.54, 1.807) is 6.20 Å². The molecule has 0 radical (unpaired) electrons. The van der Waals surface area contributed by atoms with E-state index in [1.165, 1.54) is 5.56 Å². The minimum atomic E-state index is -0.194. The molecule has 2 nitrogen and oxygen atoms in total. The van der Waals surface area contributed by atoms with Crippen LogP contribution in [0.2, 0.25) is 0 Å². The highest BCUT2D eigenvalue weighted by Gasteiger charge is 2.12. The Labute approximate surface area is 79.6 Å². The van der Waals surface area contributed by atoms with E-state index in [2.05, 4.69) is 11.9 Å². The van der Waals surface area contributed by atoms with Crippen molar-refractivity contribution in [2.24, 2.45) is 5.92 Å². The molecular weight excluding hydrogens is 162 g/mol. The Morgan fingerprint density at radius 1 is 1.54 bits per heavy atom. The Balaban J connectivity index is 2.50. The smallest absolute Gasteiger partial charge is 0.0566 e. The lowest BCUT2D eigenvalue weighted by atomic mass is 9.95. The molecule has 1 aromatic rings. The highest BCUT2D eigenvalue weighted by molar-refractivity contribution is 5.09. The number of aliphatic hydroxyl groups is 1. The molecule has 2 heteroatoms. The van der Waals surface area contributed by atoms with Crippen molar-refractivity contribution in [2.45, 2.75) is 32.8 Å². The van der Waals surface area contributed by atoms with E-state index in [0.29, 0.717) is 5.92 Å². The summed E-state index contributed by atoms with van der Waals surface area (Å²) in [5.74, 6) is 0.314. The van der Waals surface area contributed by atoms with Crippen molar-refractivity contribution in [2.75, 3.05) is 0 Å². The predicted octanol–water partition coefficient (Wildman–Crippen LogP) is 2.03. The molecule has 1 rings (SSSR count). The molecule has 2 atom stereocenters. The first-order valence-corrected chi connectivity index (χ1v) is 4.81. The van der Waals surface area contributed by atoms with Crippen LogP contribution < -0.4 is 0 Å². The summed E-state index contributed by atoms with van der Waals surface area (Å²) in [6.07, 6.45) is 5.16. The van der Waals surface area contributed by atoms with Crippen molar-refractivity contribution in [3.05, 3.63) is 30.1 Å². The van der Waals surface area contributed by atoms with Crippen LogP contribution in [0.4, 0.5) is 0 Å². The van der Waals surface area contributed by atoms with Gasteiger partial charge in [-0.25, -0.2) is 0 Å². The molecule has 0 aromatic carbocycles. The largest absolute Gasteiger partial charge is 0.393 e. The zero-order valence-electron chi connectivity index (χ0n) is 8.27. The second-order valence-corrected chi connectivity index (χ2v) is 3.52.